The highest BCUT2D eigenvalue weighted by molar-refractivity contribution is 5.80. The topological polar surface area (TPSA) is 76.8 Å². The van der Waals surface area contributed by atoms with Crippen LogP contribution < -0.4 is 5.32 Å². The Morgan fingerprint density at radius 3 is 2.90 bits per heavy atom. The van der Waals surface area contributed by atoms with Crippen LogP contribution in [-0.4, -0.2) is 70.7 Å². The molecule has 4 rings (SSSR count). The number of aliphatic imine (C=N–C) groups is 1. The molecule has 4 heterocycles. The first-order valence-electron chi connectivity index (χ1n) is 11.5. The van der Waals surface area contributed by atoms with Crippen LogP contribution in [0, 0.1) is 0 Å². The van der Waals surface area contributed by atoms with Crippen molar-refractivity contribution in [3.8, 4) is 5.82 Å². The van der Waals surface area contributed by atoms with Crippen LogP contribution in [0.3, 0.4) is 0 Å². The summed E-state index contributed by atoms with van der Waals surface area (Å²) >= 11 is 0. The van der Waals surface area contributed by atoms with Gasteiger partial charge in [-0.05, 0) is 62.8 Å². The monoisotopic (exact) mass is 426 g/mol. The second-order valence-corrected chi connectivity index (χ2v) is 8.15. The van der Waals surface area contributed by atoms with Crippen LogP contribution >= 0.6 is 0 Å². The van der Waals surface area contributed by atoms with Gasteiger partial charge in [0.25, 0.3) is 0 Å². The Kier molecular flexibility index (Phi) is 7.90. The normalized spacial score (nSPS) is 20.7. The molecule has 2 fully saturated rings. The van der Waals surface area contributed by atoms with Gasteiger partial charge < -0.3 is 19.7 Å². The molecule has 8 nitrogen and oxygen atoms in total. The summed E-state index contributed by atoms with van der Waals surface area (Å²) in [5.41, 5.74) is 1.11. The number of ether oxygens (including phenoxy) is 2. The van der Waals surface area contributed by atoms with Crippen LogP contribution in [0.25, 0.3) is 5.82 Å². The van der Waals surface area contributed by atoms with Crippen molar-refractivity contribution in [3.63, 3.8) is 0 Å². The van der Waals surface area contributed by atoms with E-state index in [-0.39, 0.29) is 6.10 Å². The number of hydrogen-bond acceptors (Lipinski definition) is 5. The van der Waals surface area contributed by atoms with E-state index in [4.69, 9.17) is 14.5 Å². The second-order valence-electron chi connectivity index (χ2n) is 8.15. The first kappa shape index (κ1) is 21.8. The van der Waals surface area contributed by atoms with Crippen LogP contribution in [0.5, 0.6) is 0 Å². The zero-order valence-electron chi connectivity index (χ0n) is 18.4. The summed E-state index contributed by atoms with van der Waals surface area (Å²) in [6.45, 7) is 7.10. The van der Waals surface area contributed by atoms with Crippen molar-refractivity contribution in [2.24, 2.45) is 4.99 Å². The van der Waals surface area contributed by atoms with E-state index in [9.17, 15) is 0 Å². The van der Waals surface area contributed by atoms with Gasteiger partial charge in [-0.1, -0.05) is 0 Å². The molecule has 2 aliphatic heterocycles. The quantitative estimate of drug-likeness (QED) is 0.542. The number of nitrogens with one attached hydrogen (secondary N) is 1. The van der Waals surface area contributed by atoms with Crippen LogP contribution in [0.2, 0.25) is 0 Å². The molecule has 1 N–H and O–H groups in total. The molecule has 168 valence electrons. The number of pyridine rings is 1. The predicted molar refractivity (Wildman–Crippen MR) is 120 cm³/mol. The molecule has 2 aromatic rings. The molecule has 8 heteroatoms. The third-order valence-corrected chi connectivity index (χ3v) is 5.83. The number of aromatic nitrogens is 3. The molecule has 0 aliphatic carbocycles. The number of nitrogens with zero attached hydrogens (tertiary/aromatic N) is 5. The van der Waals surface area contributed by atoms with Crippen LogP contribution in [-0.2, 0) is 16.0 Å². The molecule has 0 amide bonds. The molecule has 0 spiro atoms. The number of likely N-dealkylation sites (tertiary alicyclic amines) is 1. The highest BCUT2D eigenvalue weighted by Crippen LogP contribution is 2.18. The molecule has 1 unspecified atom stereocenters. The van der Waals surface area contributed by atoms with Crippen molar-refractivity contribution in [2.75, 3.05) is 32.8 Å². The molecule has 2 aromatic heterocycles. The van der Waals surface area contributed by atoms with Crippen molar-refractivity contribution in [2.45, 2.75) is 57.8 Å². The largest absolute Gasteiger partial charge is 0.376 e. The predicted octanol–water partition coefficient (Wildman–Crippen LogP) is 2.78. The third kappa shape index (κ3) is 6.27. The Balaban J connectivity index is 1.29. The van der Waals surface area contributed by atoms with Gasteiger partial charge in [-0.3, -0.25) is 0 Å². The third-order valence-electron chi connectivity index (χ3n) is 5.83. The molecule has 1 atom stereocenters. The minimum Gasteiger partial charge on any atom is -0.376 e. The number of hydrogen-bond donors (Lipinski definition) is 1. The molecule has 0 radical (unpaired) electrons. The highest BCUT2D eigenvalue weighted by Gasteiger charge is 2.23. The Bertz CT molecular complexity index is 811. The number of guanidine groups is 1. The van der Waals surface area contributed by atoms with Gasteiger partial charge >= 0.3 is 0 Å². The molecule has 2 aliphatic rings. The SMILES string of the molecule is CCNC(=NCc1ccnc(-n2cccn2)c1)N1CCC(OCC2CCCCO2)CC1. The number of rotatable bonds is 7. The maximum Gasteiger partial charge on any atom is 0.194 e. The van der Waals surface area contributed by atoms with E-state index in [0.717, 1.165) is 69.5 Å². The minimum absolute atomic E-state index is 0.289. The summed E-state index contributed by atoms with van der Waals surface area (Å²) in [6, 6.07) is 5.94. The van der Waals surface area contributed by atoms with Gasteiger partial charge in [-0.2, -0.15) is 5.10 Å². The lowest BCUT2D eigenvalue weighted by atomic mass is 10.1. The van der Waals surface area contributed by atoms with Gasteiger partial charge in [0.05, 0.1) is 25.4 Å². The van der Waals surface area contributed by atoms with E-state index >= 15 is 0 Å². The summed E-state index contributed by atoms with van der Waals surface area (Å²) in [4.78, 5) is 11.6. The van der Waals surface area contributed by atoms with Crippen molar-refractivity contribution >= 4 is 5.96 Å². The zero-order valence-corrected chi connectivity index (χ0v) is 18.4. The Labute approximate surface area is 184 Å². The molecular formula is C23H34N6O2. The first-order valence-corrected chi connectivity index (χ1v) is 11.5. The highest BCUT2D eigenvalue weighted by atomic mass is 16.5. The molecule has 0 bridgehead atoms. The van der Waals surface area contributed by atoms with Crippen LogP contribution in [0.1, 0.15) is 44.6 Å². The first-order chi connectivity index (χ1) is 15.3. The van der Waals surface area contributed by atoms with E-state index in [1.54, 1.807) is 10.9 Å². The fraction of sp³-hybridized carbons (Fsp3) is 0.609. The number of piperidine rings is 1. The van der Waals surface area contributed by atoms with E-state index in [1.807, 2.05) is 30.6 Å². The van der Waals surface area contributed by atoms with Crippen molar-refractivity contribution in [1.82, 2.24) is 25.0 Å². The Hall–Kier alpha value is -2.45. The average molecular weight is 427 g/mol. The zero-order chi connectivity index (χ0) is 21.3. The van der Waals surface area contributed by atoms with E-state index in [2.05, 4.69) is 27.2 Å². The smallest absolute Gasteiger partial charge is 0.194 e. The minimum atomic E-state index is 0.289. The summed E-state index contributed by atoms with van der Waals surface area (Å²) in [7, 11) is 0. The fourth-order valence-electron chi connectivity index (χ4n) is 4.10. The molecule has 31 heavy (non-hydrogen) atoms. The molecule has 0 aromatic carbocycles. The van der Waals surface area contributed by atoms with Crippen molar-refractivity contribution in [1.29, 1.82) is 0 Å². The van der Waals surface area contributed by atoms with Crippen LogP contribution in [0.15, 0.2) is 41.8 Å². The summed E-state index contributed by atoms with van der Waals surface area (Å²) in [5, 5.41) is 7.70. The second kappa shape index (κ2) is 11.2. The van der Waals surface area contributed by atoms with Gasteiger partial charge in [0.1, 0.15) is 0 Å². The van der Waals surface area contributed by atoms with Gasteiger partial charge in [0.15, 0.2) is 11.8 Å². The summed E-state index contributed by atoms with van der Waals surface area (Å²) in [5.74, 6) is 1.77. The van der Waals surface area contributed by atoms with E-state index < -0.39 is 0 Å². The van der Waals surface area contributed by atoms with Crippen molar-refractivity contribution < 1.29 is 9.47 Å². The molecule has 0 saturated carbocycles. The Morgan fingerprint density at radius 1 is 1.26 bits per heavy atom. The van der Waals surface area contributed by atoms with Crippen molar-refractivity contribution in [3.05, 3.63) is 42.4 Å². The lowest BCUT2D eigenvalue weighted by molar-refractivity contribution is -0.0721. The maximum absolute atomic E-state index is 6.16. The standard InChI is InChI=1S/C23H34N6O2/c1-2-24-23(26-17-19-7-11-25-22(16-19)29-12-5-10-27-29)28-13-8-20(9-14-28)31-18-21-6-3-4-15-30-21/h5,7,10-12,16,20-21H,2-4,6,8-9,13-15,17-18H2,1H3,(H,24,26). The maximum atomic E-state index is 6.16. The fourth-order valence-corrected chi connectivity index (χ4v) is 4.10. The average Bonchev–Trinajstić information content (AvgIpc) is 3.37. The van der Waals surface area contributed by atoms with E-state index in [1.165, 1.54) is 12.8 Å². The summed E-state index contributed by atoms with van der Waals surface area (Å²) < 4.78 is 13.7. The molecule has 2 saturated heterocycles. The lowest BCUT2D eigenvalue weighted by Gasteiger charge is -2.35. The van der Waals surface area contributed by atoms with E-state index in [0.29, 0.717) is 12.6 Å². The lowest BCUT2D eigenvalue weighted by Crippen LogP contribution is -2.47. The van der Waals surface area contributed by atoms with Crippen LogP contribution in [0.4, 0.5) is 0 Å². The van der Waals surface area contributed by atoms with Gasteiger partial charge in [0, 0.05) is 44.8 Å². The summed E-state index contributed by atoms with van der Waals surface area (Å²) in [6.07, 6.45) is 11.7. The van der Waals surface area contributed by atoms with Gasteiger partial charge in [0.2, 0.25) is 0 Å². The van der Waals surface area contributed by atoms with Gasteiger partial charge in [-0.15, -0.1) is 0 Å². The van der Waals surface area contributed by atoms with Gasteiger partial charge in [-0.25, -0.2) is 14.7 Å². The molecular weight excluding hydrogens is 392 g/mol. The Morgan fingerprint density at radius 2 is 2.16 bits per heavy atom.